The Morgan fingerprint density at radius 2 is 2.11 bits per heavy atom. The molecule has 0 radical (unpaired) electrons. The molecule has 5 heteroatoms. The average molecular weight is 273 g/mol. The molecule has 1 rings (SSSR count). The van der Waals surface area contributed by atoms with E-state index < -0.39 is 0 Å². The third-order valence-corrected chi connectivity index (χ3v) is 4.13. The zero-order valence-corrected chi connectivity index (χ0v) is 12.5. The second-order valence-electron chi connectivity index (χ2n) is 5.01. The fourth-order valence-corrected chi connectivity index (χ4v) is 2.73. The minimum absolute atomic E-state index is 0.00935. The maximum atomic E-state index is 11.9. The number of hydrogen-bond donors (Lipinski definition) is 2. The van der Waals surface area contributed by atoms with Gasteiger partial charge < -0.3 is 16.0 Å². The van der Waals surface area contributed by atoms with Gasteiger partial charge in [-0.2, -0.15) is 11.8 Å². The van der Waals surface area contributed by atoms with Crippen molar-refractivity contribution in [3.63, 3.8) is 0 Å². The molecule has 0 aromatic heterocycles. The summed E-state index contributed by atoms with van der Waals surface area (Å²) in [6.07, 6.45) is 6.34. The van der Waals surface area contributed by atoms with Gasteiger partial charge in [0.25, 0.3) is 0 Å². The number of nitrogens with one attached hydrogen (secondary N) is 1. The van der Waals surface area contributed by atoms with Gasteiger partial charge in [-0.1, -0.05) is 6.92 Å². The average Bonchev–Trinajstić information content (AvgIpc) is 2.87. The first-order chi connectivity index (χ1) is 8.67. The van der Waals surface area contributed by atoms with E-state index in [0.29, 0.717) is 0 Å². The summed E-state index contributed by atoms with van der Waals surface area (Å²) >= 11 is 1.73. The molecule has 0 saturated carbocycles. The molecule has 0 spiro atoms. The predicted molar refractivity (Wildman–Crippen MR) is 78.9 cm³/mol. The van der Waals surface area contributed by atoms with Crippen molar-refractivity contribution in [3.05, 3.63) is 0 Å². The highest BCUT2D eigenvalue weighted by Gasteiger charge is 2.20. The van der Waals surface area contributed by atoms with Crippen LogP contribution in [0.5, 0.6) is 0 Å². The summed E-state index contributed by atoms with van der Waals surface area (Å²) in [7, 11) is 0. The minimum Gasteiger partial charge on any atom is -0.351 e. The van der Waals surface area contributed by atoms with Crippen molar-refractivity contribution in [1.29, 1.82) is 0 Å². The summed E-state index contributed by atoms with van der Waals surface area (Å²) in [5.41, 5.74) is 5.88. The van der Waals surface area contributed by atoms with E-state index in [0.717, 1.165) is 25.1 Å². The summed E-state index contributed by atoms with van der Waals surface area (Å²) in [6, 6.07) is -0.110. The zero-order chi connectivity index (χ0) is 13.4. The number of rotatable bonds is 8. The van der Waals surface area contributed by atoms with E-state index in [4.69, 9.17) is 5.73 Å². The molecule has 106 valence electrons. The Bertz CT molecular complexity index is 244. The Balaban J connectivity index is 2.29. The van der Waals surface area contributed by atoms with E-state index in [1.165, 1.54) is 25.9 Å². The van der Waals surface area contributed by atoms with Crippen molar-refractivity contribution >= 4 is 17.7 Å². The summed E-state index contributed by atoms with van der Waals surface area (Å²) in [5, 5.41) is 3.09. The second-order valence-corrected chi connectivity index (χ2v) is 6.00. The van der Waals surface area contributed by atoms with Gasteiger partial charge >= 0.3 is 0 Å². The lowest BCUT2D eigenvalue weighted by molar-refractivity contribution is -0.123. The van der Waals surface area contributed by atoms with Crippen LogP contribution in [0, 0.1) is 0 Å². The van der Waals surface area contributed by atoms with E-state index in [2.05, 4.69) is 17.1 Å². The molecule has 1 fully saturated rings. The van der Waals surface area contributed by atoms with Crippen LogP contribution in [-0.2, 0) is 4.79 Å². The van der Waals surface area contributed by atoms with Crippen molar-refractivity contribution in [1.82, 2.24) is 10.2 Å². The molecule has 2 atom stereocenters. The van der Waals surface area contributed by atoms with Gasteiger partial charge in [0, 0.05) is 12.6 Å². The van der Waals surface area contributed by atoms with Crippen LogP contribution in [0.3, 0.4) is 0 Å². The lowest BCUT2D eigenvalue weighted by Crippen LogP contribution is -2.49. The van der Waals surface area contributed by atoms with Gasteiger partial charge in [-0.25, -0.2) is 0 Å². The number of carbonyl (C=O) groups excluding carboxylic acids is 1. The van der Waals surface area contributed by atoms with Crippen LogP contribution in [0.2, 0.25) is 0 Å². The van der Waals surface area contributed by atoms with Crippen LogP contribution in [0.4, 0.5) is 0 Å². The lowest BCUT2D eigenvalue weighted by Gasteiger charge is -2.24. The standard InChI is InChI=1S/C13H27N3OS/c1-3-11(10-16-7-4-5-8-16)15-13(17)12(14)6-9-18-2/h11-12H,3-10,14H2,1-2H3,(H,15,17)/t11?,12-/m1/s1. The fourth-order valence-electron chi connectivity index (χ4n) is 2.24. The van der Waals surface area contributed by atoms with Gasteiger partial charge in [0.05, 0.1) is 6.04 Å². The quantitative estimate of drug-likeness (QED) is 0.694. The number of nitrogens with zero attached hydrogens (tertiary/aromatic N) is 1. The molecule has 4 nitrogen and oxygen atoms in total. The number of hydrogen-bond acceptors (Lipinski definition) is 4. The second kappa shape index (κ2) is 8.77. The summed E-state index contributed by atoms with van der Waals surface area (Å²) in [6.45, 7) is 5.43. The molecule has 0 aromatic carbocycles. The smallest absolute Gasteiger partial charge is 0.237 e. The molecule has 1 unspecified atom stereocenters. The fraction of sp³-hybridized carbons (Fsp3) is 0.923. The first-order valence-electron chi connectivity index (χ1n) is 6.94. The van der Waals surface area contributed by atoms with Gasteiger partial charge in [-0.3, -0.25) is 4.79 Å². The molecule has 1 saturated heterocycles. The normalized spacial score (nSPS) is 19.7. The highest BCUT2D eigenvalue weighted by Crippen LogP contribution is 2.09. The Labute approximate surface area is 115 Å². The van der Waals surface area contributed by atoms with E-state index in [9.17, 15) is 4.79 Å². The van der Waals surface area contributed by atoms with Crippen molar-refractivity contribution in [2.24, 2.45) is 5.73 Å². The van der Waals surface area contributed by atoms with Crippen molar-refractivity contribution in [3.8, 4) is 0 Å². The number of thioether (sulfide) groups is 1. The molecule has 0 aliphatic carbocycles. The third-order valence-electron chi connectivity index (χ3n) is 3.49. The summed E-state index contributed by atoms with van der Waals surface area (Å²) < 4.78 is 0. The van der Waals surface area contributed by atoms with Crippen LogP contribution in [0.1, 0.15) is 32.6 Å². The van der Waals surface area contributed by atoms with Crippen LogP contribution < -0.4 is 11.1 Å². The number of likely N-dealkylation sites (tertiary alicyclic amines) is 1. The summed E-state index contributed by atoms with van der Waals surface area (Å²) in [4.78, 5) is 14.4. The maximum Gasteiger partial charge on any atom is 0.237 e. The van der Waals surface area contributed by atoms with Gasteiger partial charge in [0.15, 0.2) is 0 Å². The number of nitrogens with two attached hydrogens (primary N) is 1. The molecule has 1 aliphatic rings. The SMILES string of the molecule is CCC(CN1CCCC1)NC(=O)[C@H](N)CCSC. The Morgan fingerprint density at radius 1 is 1.44 bits per heavy atom. The lowest BCUT2D eigenvalue weighted by atomic mass is 10.1. The van der Waals surface area contributed by atoms with Gasteiger partial charge in [0.2, 0.25) is 5.91 Å². The minimum atomic E-state index is -0.356. The largest absolute Gasteiger partial charge is 0.351 e. The van der Waals surface area contributed by atoms with Gasteiger partial charge in [-0.05, 0) is 50.8 Å². The van der Waals surface area contributed by atoms with Crippen LogP contribution in [0.15, 0.2) is 0 Å². The summed E-state index contributed by atoms with van der Waals surface area (Å²) in [5.74, 6) is 0.951. The number of carbonyl (C=O) groups is 1. The van der Waals surface area contributed by atoms with Crippen LogP contribution >= 0.6 is 11.8 Å². The highest BCUT2D eigenvalue weighted by molar-refractivity contribution is 7.98. The van der Waals surface area contributed by atoms with E-state index in [1.54, 1.807) is 11.8 Å². The van der Waals surface area contributed by atoms with Crippen molar-refractivity contribution in [2.45, 2.75) is 44.7 Å². The van der Waals surface area contributed by atoms with Gasteiger partial charge in [-0.15, -0.1) is 0 Å². The molecular weight excluding hydrogens is 246 g/mol. The molecule has 18 heavy (non-hydrogen) atoms. The van der Waals surface area contributed by atoms with E-state index >= 15 is 0 Å². The Hall–Kier alpha value is -0.260. The van der Waals surface area contributed by atoms with E-state index in [-0.39, 0.29) is 18.0 Å². The molecule has 1 aliphatic heterocycles. The molecule has 0 aromatic rings. The van der Waals surface area contributed by atoms with Gasteiger partial charge in [0.1, 0.15) is 0 Å². The molecule has 0 bridgehead atoms. The molecule has 1 heterocycles. The Kier molecular flexibility index (Phi) is 7.70. The van der Waals surface area contributed by atoms with Crippen molar-refractivity contribution < 1.29 is 4.79 Å². The number of amides is 1. The predicted octanol–water partition coefficient (Wildman–Crippen LogP) is 1.06. The van der Waals surface area contributed by atoms with Crippen LogP contribution in [0.25, 0.3) is 0 Å². The van der Waals surface area contributed by atoms with Crippen molar-refractivity contribution in [2.75, 3.05) is 31.6 Å². The molecule has 1 amide bonds. The first kappa shape index (κ1) is 15.8. The Morgan fingerprint density at radius 3 is 2.67 bits per heavy atom. The molecule has 3 N–H and O–H groups in total. The highest BCUT2D eigenvalue weighted by atomic mass is 32.2. The maximum absolute atomic E-state index is 11.9. The molecular formula is C13H27N3OS. The zero-order valence-electron chi connectivity index (χ0n) is 11.7. The van der Waals surface area contributed by atoms with Crippen LogP contribution in [-0.4, -0.2) is 54.5 Å². The monoisotopic (exact) mass is 273 g/mol. The first-order valence-corrected chi connectivity index (χ1v) is 8.34. The van der Waals surface area contributed by atoms with E-state index in [1.807, 2.05) is 6.26 Å². The topological polar surface area (TPSA) is 58.4 Å². The third kappa shape index (κ3) is 5.59.